The van der Waals surface area contributed by atoms with Gasteiger partial charge in [0.25, 0.3) is 0 Å². The highest BCUT2D eigenvalue weighted by Gasteiger charge is 2.04. The molecule has 0 saturated carbocycles. The number of hydrogen-bond donors (Lipinski definition) is 1. The van der Waals surface area contributed by atoms with E-state index in [1.54, 1.807) is 0 Å². The van der Waals surface area contributed by atoms with Gasteiger partial charge in [0, 0.05) is 6.54 Å². The van der Waals surface area contributed by atoms with Crippen molar-refractivity contribution in [2.45, 2.75) is 13.8 Å². The summed E-state index contributed by atoms with van der Waals surface area (Å²) in [5.41, 5.74) is 3.21. The summed E-state index contributed by atoms with van der Waals surface area (Å²) < 4.78 is 1.90. The molecule has 2 rings (SSSR count). The van der Waals surface area contributed by atoms with E-state index in [4.69, 9.17) is 0 Å². The smallest absolute Gasteiger partial charge is 0.0829 e. The summed E-state index contributed by atoms with van der Waals surface area (Å²) in [6, 6.07) is 10.1. The lowest BCUT2D eigenvalue weighted by molar-refractivity contribution is 0.863. The van der Waals surface area contributed by atoms with Gasteiger partial charge in [-0.3, -0.25) is 0 Å². The molecule has 0 aliphatic carbocycles. The fourth-order valence-electron chi connectivity index (χ4n) is 1.54. The number of para-hydroxylation sites is 1. The van der Waals surface area contributed by atoms with E-state index in [1.165, 1.54) is 0 Å². The normalized spacial score (nSPS) is 10.3. The molecule has 0 spiro atoms. The van der Waals surface area contributed by atoms with E-state index in [-0.39, 0.29) is 0 Å². The summed E-state index contributed by atoms with van der Waals surface area (Å²) in [6.45, 7) is 5.01. The van der Waals surface area contributed by atoms with E-state index in [0.717, 1.165) is 23.6 Å². The number of rotatable bonds is 3. The molecule has 0 radical (unpaired) electrons. The van der Waals surface area contributed by atoms with E-state index < -0.39 is 0 Å². The predicted molar refractivity (Wildman–Crippen MR) is 62.5 cm³/mol. The molecule has 1 heterocycles. The summed E-state index contributed by atoms with van der Waals surface area (Å²) in [7, 11) is 0. The first-order valence-corrected chi connectivity index (χ1v) is 5.17. The number of benzene rings is 1. The number of hydrogen-bond acceptors (Lipinski definition) is 2. The van der Waals surface area contributed by atoms with Crippen LogP contribution in [0.5, 0.6) is 0 Å². The van der Waals surface area contributed by atoms with Gasteiger partial charge in [-0.05, 0) is 26.0 Å². The third-order valence-corrected chi connectivity index (χ3v) is 2.29. The first-order chi connectivity index (χ1) is 7.31. The summed E-state index contributed by atoms with van der Waals surface area (Å²) in [5, 5.41) is 7.74. The third-order valence-electron chi connectivity index (χ3n) is 2.29. The maximum atomic E-state index is 4.45. The Bertz CT molecular complexity index is 431. The Morgan fingerprint density at radius 2 is 2.00 bits per heavy atom. The van der Waals surface area contributed by atoms with Crippen molar-refractivity contribution in [1.29, 1.82) is 0 Å². The first kappa shape index (κ1) is 9.77. The van der Waals surface area contributed by atoms with Crippen LogP contribution in [-0.2, 0) is 0 Å². The quantitative estimate of drug-likeness (QED) is 0.827. The minimum atomic E-state index is 0.918. The second kappa shape index (κ2) is 4.17. The number of nitrogens with one attached hydrogen (secondary N) is 1. The molecule has 1 N–H and O–H groups in total. The standard InChI is InChI=1S/C12H15N3/c1-3-13-12-9-15(14-10(12)2)11-7-5-4-6-8-11/h4-9,13H,3H2,1-2H3. The molecule has 1 aromatic heterocycles. The highest BCUT2D eigenvalue weighted by Crippen LogP contribution is 2.15. The highest BCUT2D eigenvalue weighted by atomic mass is 15.3. The second-order valence-corrected chi connectivity index (χ2v) is 3.44. The zero-order valence-electron chi connectivity index (χ0n) is 9.07. The largest absolute Gasteiger partial charge is 0.383 e. The Morgan fingerprint density at radius 3 is 2.67 bits per heavy atom. The van der Waals surface area contributed by atoms with Crippen molar-refractivity contribution in [2.24, 2.45) is 0 Å². The Balaban J connectivity index is 2.34. The van der Waals surface area contributed by atoms with Crippen molar-refractivity contribution in [1.82, 2.24) is 9.78 Å². The Labute approximate surface area is 89.7 Å². The van der Waals surface area contributed by atoms with Crippen molar-refractivity contribution in [3.63, 3.8) is 0 Å². The van der Waals surface area contributed by atoms with E-state index in [1.807, 2.05) is 48.1 Å². The van der Waals surface area contributed by atoms with Crippen LogP contribution >= 0.6 is 0 Å². The van der Waals surface area contributed by atoms with Crippen molar-refractivity contribution in [3.8, 4) is 5.69 Å². The third kappa shape index (κ3) is 2.01. The zero-order chi connectivity index (χ0) is 10.7. The van der Waals surface area contributed by atoms with Gasteiger partial charge >= 0.3 is 0 Å². The molecular weight excluding hydrogens is 186 g/mol. The Hall–Kier alpha value is -1.77. The molecule has 0 aliphatic heterocycles. The Kier molecular flexibility index (Phi) is 2.72. The summed E-state index contributed by atoms with van der Waals surface area (Å²) >= 11 is 0. The van der Waals surface area contributed by atoms with E-state index in [2.05, 4.69) is 17.3 Å². The van der Waals surface area contributed by atoms with Crippen LogP contribution in [-0.4, -0.2) is 16.3 Å². The van der Waals surface area contributed by atoms with Gasteiger partial charge in [0.15, 0.2) is 0 Å². The molecule has 15 heavy (non-hydrogen) atoms. The lowest BCUT2D eigenvalue weighted by atomic mass is 10.3. The van der Waals surface area contributed by atoms with Gasteiger partial charge < -0.3 is 5.32 Å². The van der Waals surface area contributed by atoms with E-state index in [0.29, 0.717) is 0 Å². The molecule has 3 heteroatoms. The number of nitrogens with zero attached hydrogens (tertiary/aromatic N) is 2. The Morgan fingerprint density at radius 1 is 1.27 bits per heavy atom. The molecular formula is C12H15N3. The minimum Gasteiger partial charge on any atom is -0.383 e. The van der Waals surface area contributed by atoms with Gasteiger partial charge in [-0.25, -0.2) is 4.68 Å². The van der Waals surface area contributed by atoms with Crippen LogP contribution in [0, 0.1) is 6.92 Å². The SMILES string of the molecule is CCNc1cn(-c2ccccc2)nc1C. The average molecular weight is 201 g/mol. The molecule has 78 valence electrons. The molecule has 0 fully saturated rings. The maximum absolute atomic E-state index is 4.45. The minimum absolute atomic E-state index is 0.918. The zero-order valence-corrected chi connectivity index (χ0v) is 9.07. The van der Waals surface area contributed by atoms with Crippen LogP contribution in [0.4, 0.5) is 5.69 Å². The molecule has 0 aliphatic rings. The lowest BCUT2D eigenvalue weighted by Gasteiger charge is -1.99. The van der Waals surface area contributed by atoms with Crippen LogP contribution < -0.4 is 5.32 Å². The molecule has 0 saturated heterocycles. The van der Waals surface area contributed by atoms with Crippen molar-refractivity contribution in [2.75, 3.05) is 11.9 Å². The molecule has 0 amide bonds. The topological polar surface area (TPSA) is 29.9 Å². The highest BCUT2D eigenvalue weighted by molar-refractivity contribution is 5.48. The van der Waals surface area contributed by atoms with Gasteiger partial charge in [0.05, 0.1) is 23.3 Å². The fraction of sp³-hybridized carbons (Fsp3) is 0.250. The van der Waals surface area contributed by atoms with Gasteiger partial charge in [-0.2, -0.15) is 5.10 Å². The molecule has 0 unspecified atom stereocenters. The molecule has 2 aromatic rings. The van der Waals surface area contributed by atoms with Gasteiger partial charge in [0.2, 0.25) is 0 Å². The maximum Gasteiger partial charge on any atom is 0.0829 e. The predicted octanol–water partition coefficient (Wildman–Crippen LogP) is 2.61. The van der Waals surface area contributed by atoms with Crippen LogP contribution in [0.2, 0.25) is 0 Å². The average Bonchev–Trinajstić information content (AvgIpc) is 2.63. The van der Waals surface area contributed by atoms with Crippen LogP contribution in [0.15, 0.2) is 36.5 Å². The summed E-state index contributed by atoms with van der Waals surface area (Å²) in [6.07, 6.45) is 2.02. The second-order valence-electron chi connectivity index (χ2n) is 3.44. The van der Waals surface area contributed by atoms with E-state index in [9.17, 15) is 0 Å². The lowest BCUT2D eigenvalue weighted by Crippen LogP contribution is -1.96. The first-order valence-electron chi connectivity index (χ1n) is 5.17. The molecule has 3 nitrogen and oxygen atoms in total. The number of anilines is 1. The fourth-order valence-corrected chi connectivity index (χ4v) is 1.54. The molecule has 0 atom stereocenters. The summed E-state index contributed by atoms with van der Waals surface area (Å²) in [4.78, 5) is 0. The van der Waals surface area contributed by atoms with Gasteiger partial charge in [0.1, 0.15) is 0 Å². The number of aromatic nitrogens is 2. The van der Waals surface area contributed by atoms with Crippen molar-refractivity contribution >= 4 is 5.69 Å². The van der Waals surface area contributed by atoms with Crippen LogP contribution in [0.25, 0.3) is 5.69 Å². The monoisotopic (exact) mass is 201 g/mol. The molecule has 1 aromatic carbocycles. The molecule has 0 bridgehead atoms. The van der Waals surface area contributed by atoms with Crippen molar-refractivity contribution in [3.05, 3.63) is 42.2 Å². The van der Waals surface area contributed by atoms with E-state index >= 15 is 0 Å². The van der Waals surface area contributed by atoms with Crippen molar-refractivity contribution < 1.29 is 0 Å². The number of aryl methyl sites for hydroxylation is 1. The summed E-state index contributed by atoms with van der Waals surface area (Å²) in [5.74, 6) is 0. The van der Waals surface area contributed by atoms with Crippen LogP contribution in [0.1, 0.15) is 12.6 Å². The van der Waals surface area contributed by atoms with Gasteiger partial charge in [-0.15, -0.1) is 0 Å². The van der Waals surface area contributed by atoms with Crippen LogP contribution in [0.3, 0.4) is 0 Å². The van der Waals surface area contributed by atoms with Gasteiger partial charge in [-0.1, -0.05) is 18.2 Å².